The van der Waals surface area contributed by atoms with Crippen molar-refractivity contribution in [3.63, 3.8) is 0 Å². The topological polar surface area (TPSA) is 18.5 Å². The third-order valence-corrected chi connectivity index (χ3v) is 2.06. The van der Waals surface area contributed by atoms with Gasteiger partial charge in [0, 0.05) is 6.42 Å². The monoisotopic (exact) mass is 164 g/mol. The summed E-state index contributed by atoms with van der Waals surface area (Å²) in [6.45, 7) is 2.79. The number of hydrogen-bond acceptors (Lipinski definition) is 2. The third-order valence-electron chi connectivity index (χ3n) is 2.06. The summed E-state index contributed by atoms with van der Waals surface area (Å²) in [7, 11) is 0. The van der Waals surface area contributed by atoms with Crippen LogP contribution in [0.25, 0.3) is 0 Å². The van der Waals surface area contributed by atoms with Gasteiger partial charge < -0.3 is 0 Å². The molecule has 1 aliphatic rings. The Balaban J connectivity index is 2.21. The van der Waals surface area contributed by atoms with Gasteiger partial charge in [-0.05, 0) is 12.5 Å². The van der Waals surface area contributed by atoms with E-state index in [1.54, 1.807) is 0 Å². The second kappa shape index (κ2) is 3.25. The minimum Gasteiger partial charge on any atom is -0.236 e. The molecule has 12 heavy (non-hydrogen) atoms. The normalized spacial score (nSPS) is 22.9. The smallest absolute Gasteiger partial charge is 0.120 e. The van der Waals surface area contributed by atoms with Gasteiger partial charge in [-0.1, -0.05) is 29.8 Å². The second-order valence-electron chi connectivity index (χ2n) is 3.11. The van der Waals surface area contributed by atoms with Gasteiger partial charge in [0.05, 0.1) is 6.61 Å². The van der Waals surface area contributed by atoms with E-state index in [1.807, 2.05) is 6.07 Å². The zero-order valence-electron chi connectivity index (χ0n) is 7.12. The molecule has 1 unspecified atom stereocenters. The third kappa shape index (κ3) is 1.49. The van der Waals surface area contributed by atoms with Crippen LogP contribution in [0.4, 0.5) is 0 Å². The molecule has 0 aromatic heterocycles. The van der Waals surface area contributed by atoms with Crippen LogP contribution in [-0.4, -0.2) is 6.61 Å². The fourth-order valence-corrected chi connectivity index (χ4v) is 1.43. The van der Waals surface area contributed by atoms with Crippen LogP contribution >= 0.6 is 0 Å². The van der Waals surface area contributed by atoms with Crippen molar-refractivity contribution >= 4 is 0 Å². The van der Waals surface area contributed by atoms with Gasteiger partial charge in [-0.25, -0.2) is 9.78 Å². The molecule has 0 bridgehead atoms. The van der Waals surface area contributed by atoms with E-state index in [4.69, 9.17) is 9.78 Å². The maximum Gasteiger partial charge on any atom is 0.120 e. The van der Waals surface area contributed by atoms with E-state index >= 15 is 0 Å². The summed E-state index contributed by atoms with van der Waals surface area (Å²) in [5.74, 6) is 0. The molecule has 0 aliphatic carbocycles. The molecule has 1 aromatic carbocycles. The molecule has 1 heterocycles. The highest BCUT2D eigenvalue weighted by atomic mass is 17.2. The lowest BCUT2D eigenvalue weighted by Crippen LogP contribution is -1.94. The van der Waals surface area contributed by atoms with E-state index in [0.29, 0.717) is 6.61 Å². The first-order valence-electron chi connectivity index (χ1n) is 4.21. The van der Waals surface area contributed by atoms with Gasteiger partial charge in [-0.2, -0.15) is 0 Å². The van der Waals surface area contributed by atoms with Gasteiger partial charge in [0.1, 0.15) is 6.10 Å². The molecule has 0 radical (unpaired) electrons. The summed E-state index contributed by atoms with van der Waals surface area (Å²) in [4.78, 5) is 9.95. The first-order chi connectivity index (χ1) is 5.86. The molecule has 1 aliphatic heterocycles. The zero-order valence-corrected chi connectivity index (χ0v) is 7.12. The first-order valence-corrected chi connectivity index (χ1v) is 4.21. The fourth-order valence-electron chi connectivity index (χ4n) is 1.43. The molecular formula is C10H12O2. The van der Waals surface area contributed by atoms with Crippen molar-refractivity contribution in [1.82, 2.24) is 0 Å². The molecule has 2 heteroatoms. The van der Waals surface area contributed by atoms with E-state index in [9.17, 15) is 0 Å². The van der Waals surface area contributed by atoms with E-state index in [2.05, 4.69) is 25.1 Å². The molecule has 1 atom stereocenters. The van der Waals surface area contributed by atoms with Crippen LogP contribution in [0.15, 0.2) is 24.3 Å². The maximum atomic E-state index is 5.09. The van der Waals surface area contributed by atoms with Gasteiger partial charge in [0.2, 0.25) is 0 Å². The Morgan fingerprint density at radius 1 is 1.42 bits per heavy atom. The number of hydrogen-bond donors (Lipinski definition) is 0. The summed E-state index contributed by atoms with van der Waals surface area (Å²) in [6.07, 6.45) is 1.11. The highest BCUT2D eigenvalue weighted by Gasteiger charge is 2.18. The lowest BCUT2D eigenvalue weighted by Gasteiger charge is -2.06. The molecular weight excluding hydrogens is 152 g/mol. The average Bonchev–Trinajstić information content (AvgIpc) is 2.56. The fraction of sp³-hybridized carbons (Fsp3) is 0.400. The highest BCUT2D eigenvalue weighted by Crippen LogP contribution is 2.26. The Morgan fingerprint density at radius 3 is 3.00 bits per heavy atom. The van der Waals surface area contributed by atoms with Gasteiger partial charge in [0.25, 0.3) is 0 Å². The summed E-state index contributed by atoms with van der Waals surface area (Å²) in [5, 5.41) is 0. The van der Waals surface area contributed by atoms with Crippen molar-refractivity contribution in [3.05, 3.63) is 35.4 Å². The quantitative estimate of drug-likeness (QED) is 0.593. The van der Waals surface area contributed by atoms with Gasteiger partial charge in [0.15, 0.2) is 0 Å². The van der Waals surface area contributed by atoms with Crippen LogP contribution in [0, 0.1) is 6.92 Å². The number of benzene rings is 1. The van der Waals surface area contributed by atoms with Crippen molar-refractivity contribution in [3.8, 4) is 0 Å². The molecule has 0 amide bonds. The Labute approximate surface area is 72.0 Å². The summed E-state index contributed by atoms with van der Waals surface area (Å²) in [6, 6.07) is 8.34. The predicted molar refractivity (Wildman–Crippen MR) is 45.6 cm³/mol. The van der Waals surface area contributed by atoms with Crippen LogP contribution < -0.4 is 0 Å². The van der Waals surface area contributed by atoms with E-state index in [1.165, 1.54) is 11.1 Å². The molecule has 2 nitrogen and oxygen atoms in total. The van der Waals surface area contributed by atoms with Crippen molar-refractivity contribution < 1.29 is 9.78 Å². The van der Waals surface area contributed by atoms with E-state index < -0.39 is 0 Å². The Hall–Kier alpha value is -0.860. The van der Waals surface area contributed by atoms with Crippen LogP contribution in [0.2, 0.25) is 0 Å². The predicted octanol–water partition coefficient (Wildman–Crippen LogP) is 2.39. The first kappa shape index (κ1) is 7.77. The maximum absolute atomic E-state index is 5.09. The number of rotatable bonds is 1. The van der Waals surface area contributed by atoms with Crippen molar-refractivity contribution in [2.75, 3.05) is 6.61 Å². The molecule has 0 spiro atoms. The lowest BCUT2D eigenvalue weighted by molar-refractivity contribution is -0.276. The SMILES string of the molecule is Cc1cccc(C2CCOO2)c1. The number of aryl methyl sites for hydroxylation is 1. The van der Waals surface area contributed by atoms with E-state index in [-0.39, 0.29) is 6.10 Å². The van der Waals surface area contributed by atoms with Crippen molar-refractivity contribution in [1.29, 1.82) is 0 Å². The minimum atomic E-state index is 0.143. The highest BCUT2D eigenvalue weighted by molar-refractivity contribution is 5.24. The van der Waals surface area contributed by atoms with Crippen LogP contribution in [0.5, 0.6) is 0 Å². The van der Waals surface area contributed by atoms with Crippen LogP contribution in [-0.2, 0) is 9.78 Å². The van der Waals surface area contributed by atoms with Gasteiger partial charge >= 0.3 is 0 Å². The van der Waals surface area contributed by atoms with E-state index in [0.717, 1.165) is 6.42 Å². The Bertz CT molecular complexity index is 264. The largest absolute Gasteiger partial charge is 0.236 e. The Kier molecular flexibility index (Phi) is 2.11. The summed E-state index contributed by atoms with van der Waals surface area (Å²) in [5.41, 5.74) is 2.48. The molecule has 0 saturated carbocycles. The Morgan fingerprint density at radius 2 is 2.33 bits per heavy atom. The van der Waals surface area contributed by atoms with Crippen molar-refractivity contribution in [2.24, 2.45) is 0 Å². The van der Waals surface area contributed by atoms with Gasteiger partial charge in [-0.3, -0.25) is 0 Å². The van der Waals surface area contributed by atoms with Gasteiger partial charge in [-0.15, -0.1) is 0 Å². The van der Waals surface area contributed by atoms with Crippen LogP contribution in [0.3, 0.4) is 0 Å². The van der Waals surface area contributed by atoms with Crippen LogP contribution in [0.1, 0.15) is 23.7 Å². The molecule has 1 fully saturated rings. The molecule has 1 aromatic rings. The standard InChI is InChI=1S/C10H12O2/c1-8-3-2-4-9(7-8)10-5-6-11-12-10/h2-4,7,10H,5-6H2,1H3. The molecule has 2 rings (SSSR count). The average molecular weight is 164 g/mol. The molecule has 0 N–H and O–H groups in total. The molecule has 1 saturated heterocycles. The lowest BCUT2D eigenvalue weighted by atomic mass is 10.1. The summed E-state index contributed by atoms with van der Waals surface area (Å²) < 4.78 is 0. The summed E-state index contributed by atoms with van der Waals surface area (Å²) >= 11 is 0. The molecule has 64 valence electrons. The van der Waals surface area contributed by atoms with Crippen molar-refractivity contribution in [2.45, 2.75) is 19.4 Å². The second-order valence-corrected chi connectivity index (χ2v) is 3.11. The minimum absolute atomic E-state index is 0.143. The zero-order chi connectivity index (χ0) is 8.39.